The molecule has 4 nitrogen and oxygen atoms in total. The van der Waals surface area contributed by atoms with Crippen LogP contribution in [0.3, 0.4) is 0 Å². The fourth-order valence-corrected chi connectivity index (χ4v) is 4.71. The third-order valence-electron chi connectivity index (χ3n) is 4.97. The van der Waals surface area contributed by atoms with Gasteiger partial charge in [0.05, 0.1) is 6.54 Å². The van der Waals surface area contributed by atoms with Crippen LogP contribution >= 0.6 is 22.9 Å². The molecule has 1 aromatic carbocycles. The zero-order valence-corrected chi connectivity index (χ0v) is 16.6. The molecule has 2 heterocycles. The maximum Gasteiger partial charge on any atom is 0.317 e. The van der Waals surface area contributed by atoms with Gasteiger partial charge in [-0.1, -0.05) is 23.7 Å². The SMILES string of the molecule is CN(CC(=O)O)C1CCCN(Cc2ccc(-c3ccc(Cl)cc3)s2)CC1. The van der Waals surface area contributed by atoms with Crippen LogP contribution in [0.5, 0.6) is 0 Å². The lowest BCUT2D eigenvalue weighted by atomic mass is 10.1. The van der Waals surface area contributed by atoms with Crippen molar-refractivity contribution >= 4 is 28.9 Å². The van der Waals surface area contributed by atoms with Crippen LogP contribution in [0.4, 0.5) is 0 Å². The Morgan fingerprint density at radius 2 is 2.00 bits per heavy atom. The molecule has 26 heavy (non-hydrogen) atoms. The number of hydrogen-bond donors (Lipinski definition) is 1. The highest BCUT2D eigenvalue weighted by molar-refractivity contribution is 7.15. The van der Waals surface area contributed by atoms with Gasteiger partial charge in [0.25, 0.3) is 0 Å². The van der Waals surface area contributed by atoms with Crippen LogP contribution in [0, 0.1) is 0 Å². The van der Waals surface area contributed by atoms with Gasteiger partial charge >= 0.3 is 5.97 Å². The summed E-state index contributed by atoms with van der Waals surface area (Å²) in [5, 5.41) is 9.75. The van der Waals surface area contributed by atoms with E-state index < -0.39 is 5.97 Å². The Morgan fingerprint density at radius 3 is 2.73 bits per heavy atom. The first-order valence-corrected chi connectivity index (χ1v) is 10.2. The number of hydrogen-bond acceptors (Lipinski definition) is 4. The highest BCUT2D eigenvalue weighted by Crippen LogP contribution is 2.30. The van der Waals surface area contributed by atoms with Crippen LogP contribution in [-0.4, -0.2) is 53.6 Å². The summed E-state index contributed by atoms with van der Waals surface area (Å²) < 4.78 is 0. The lowest BCUT2D eigenvalue weighted by Crippen LogP contribution is -2.36. The minimum Gasteiger partial charge on any atom is -0.480 e. The summed E-state index contributed by atoms with van der Waals surface area (Å²) in [6, 6.07) is 12.7. The maximum absolute atomic E-state index is 10.9. The van der Waals surface area contributed by atoms with E-state index in [1.54, 1.807) is 0 Å². The molecule has 0 bridgehead atoms. The average molecular weight is 393 g/mol. The first-order chi connectivity index (χ1) is 12.5. The summed E-state index contributed by atoms with van der Waals surface area (Å²) in [7, 11) is 1.92. The van der Waals surface area contributed by atoms with Gasteiger partial charge in [-0.2, -0.15) is 0 Å². The molecule has 1 fully saturated rings. The van der Waals surface area contributed by atoms with E-state index in [-0.39, 0.29) is 6.54 Å². The second-order valence-corrected chi connectivity index (χ2v) is 8.55. The molecule has 6 heteroatoms. The van der Waals surface area contributed by atoms with E-state index in [2.05, 4.69) is 29.2 Å². The van der Waals surface area contributed by atoms with Crippen LogP contribution in [0.1, 0.15) is 24.1 Å². The molecule has 1 saturated heterocycles. The Labute approximate surface area is 164 Å². The van der Waals surface area contributed by atoms with Crippen LogP contribution in [-0.2, 0) is 11.3 Å². The van der Waals surface area contributed by atoms with Gasteiger partial charge in [0.1, 0.15) is 0 Å². The van der Waals surface area contributed by atoms with Gasteiger partial charge in [-0.3, -0.25) is 14.6 Å². The smallest absolute Gasteiger partial charge is 0.317 e. The molecular formula is C20H25ClN2O2S. The van der Waals surface area contributed by atoms with Gasteiger partial charge in [-0.05, 0) is 62.7 Å². The topological polar surface area (TPSA) is 43.8 Å². The first-order valence-electron chi connectivity index (χ1n) is 9.00. The van der Waals surface area contributed by atoms with Crippen molar-refractivity contribution in [1.82, 2.24) is 9.80 Å². The number of rotatable bonds is 6. The number of carboxylic acid groups (broad SMARTS) is 1. The highest BCUT2D eigenvalue weighted by Gasteiger charge is 2.22. The van der Waals surface area contributed by atoms with E-state index in [0.717, 1.165) is 43.9 Å². The zero-order valence-electron chi connectivity index (χ0n) is 15.0. The van der Waals surface area contributed by atoms with Crippen molar-refractivity contribution in [3.05, 3.63) is 46.3 Å². The summed E-state index contributed by atoms with van der Waals surface area (Å²) in [5.74, 6) is -0.748. The molecule has 3 rings (SSSR count). The monoisotopic (exact) mass is 392 g/mol. The number of halogens is 1. The Morgan fingerprint density at radius 1 is 1.23 bits per heavy atom. The highest BCUT2D eigenvalue weighted by atomic mass is 35.5. The standard InChI is InChI=1S/C20H25ClN2O2S/c1-22(14-20(24)25)17-3-2-11-23(12-10-17)13-18-8-9-19(26-18)15-4-6-16(21)7-5-15/h4-9,17H,2-3,10-14H2,1H3,(H,24,25). The molecule has 1 aliphatic rings. The molecule has 0 spiro atoms. The molecule has 2 aromatic rings. The van der Waals surface area contributed by atoms with Gasteiger partial charge in [0.2, 0.25) is 0 Å². The summed E-state index contributed by atoms with van der Waals surface area (Å²) >= 11 is 7.81. The van der Waals surface area contributed by atoms with E-state index in [9.17, 15) is 4.79 Å². The first kappa shape index (κ1) is 19.4. The van der Waals surface area contributed by atoms with Gasteiger partial charge in [-0.15, -0.1) is 11.3 Å². The van der Waals surface area contributed by atoms with Gasteiger partial charge in [0.15, 0.2) is 0 Å². The minimum atomic E-state index is -0.748. The number of nitrogens with zero attached hydrogens (tertiary/aromatic N) is 2. The van der Waals surface area contributed by atoms with Crippen molar-refractivity contribution in [2.24, 2.45) is 0 Å². The second-order valence-electron chi connectivity index (χ2n) is 6.94. The van der Waals surface area contributed by atoms with E-state index >= 15 is 0 Å². The van der Waals surface area contributed by atoms with E-state index in [1.165, 1.54) is 15.3 Å². The predicted octanol–water partition coefficient (Wildman–Crippen LogP) is 4.44. The Kier molecular flexibility index (Phi) is 6.70. The molecule has 0 aliphatic carbocycles. The van der Waals surface area contributed by atoms with Crippen molar-refractivity contribution in [2.75, 3.05) is 26.7 Å². The normalized spacial score (nSPS) is 18.8. The molecule has 140 valence electrons. The van der Waals surface area contributed by atoms with Gasteiger partial charge in [-0.25, -0.2) is 0 Å². The van der Waals surface area contributed by atoms with E-state index in [4.69, 9.17) is 16.7 Å². The summed E-state index contributed by atoms with van der Waals surface area (Å²) in [4.78, 5) is 18.0. The van der Waals surface area contributed by atoms with Crippen LogP contribution in [0.15, 0.2) is 36.4 Å². The molecule has 1 N–H and O–H groups in total. The van der Waals surface area contributed by atoms with Crippen molar-refractivity contribution < 1.29 is 9.90 Å². The largest absolute Gasteiger partial charge is 0.480 e. The summed E-state index contributed by atoms with van der Waals surface area (Å²) in [6.07, 6.45) is 3.21. The molecular weight excluding hydrogens is 368 g/mol. The lowest BCUT2D eigenvalue weighted by Gasteiger charge is -2.25. The minimum absolute atomic E-state index is 0.125. The molecule has 1 aliphatic heterocycles. The third kappa shape index (κ3) is 5.30. The average Bonchev–Trinajstić information content (AvgIpc) is 2.93. The van der Waals surface area contributed by atoms with Crippen molar-refractivity contribution in [2.45, 2.75) is 31.8 Å². The van der Waals surface area contributed by atoms with Crippen molar-refractivity contribution in [3.8, 4) is 10.4 Å². The maximum atomic E-state index is 10.9. The molecule has 0 radical (unpaired) electrons. The molecule has 1 aromatic heterocycles. The number of carbonyl (C=O) groups is 1. The molecule has 1 atom stereocenters. The number of aliphatic carboxylic acids is 1. The number of likely N-dealkylation sites (tertiary alicyclic amines) is 1. The summed E-state index contributed by atoms with van der Waals surface area (Å²) in [5.41, 5.74) is 1.21. The number of carboxylic acids is 1. The van der Waals surface area contributed by atoms with Crippen molar-refractivity contribution in [3.63, 3.8) is 0 Å². The van der Waals surface area contributed by atoms with Gasteiger partial charge < -0.3 is 5.11 Å². The molecule has 0 amide bonds. The fourth-order valence-electron chi connectivity index (χ4n) is 3.53. The Hall–Kier alpha value is -1.40. The molecule has 0 saturated carbocycles. The number of thiophene rings is 1. The second kappa shape index (κ2) is 9.00. The fraction of sp³-hybridized carbons (Fsp3) is 0.450. The van der Waals surface area contributed by atoms with E-state index in [1.807, 2.05) is 35.4 Å². The van der Waals surface area contributed by atoms with Crippen LogP contribution < -0.4 is 0 Å². The van der Waals surface area contributed by atoms with Gasteiger partial charge in [0, 0.05) is 33.9 Å². The zero-order chi connectivity index (χ0) is 18.5. The van der Waals surface area contributed by atoms with Crippen LogP contribution in [0.25, 0.3) is 10.4 Å². The Balaban J connectivity index is 1.56. The quantitative estimate of drug-likeness (QED) is 0.789. The lowest BCUT2D eigenvalue weighted by molar-refractivity contribution is -0.138. The van der Waals surface area contributed by atoms with E-state index in [0.29, 0.717) is 6.04 Å². The number of benzene rings is 1. The number of likely N-dealkylation sites (N-methyl/N-ethyl adjacent to an activating group) is 1. The van der Waals surface area contributed by atoms with Crippen LogP contribution in [0.2, 0.25) is 5.02 Å². The molecule has 1 unspecified atom stereocenters. The van der Waals surface area contributed by atoms with Crippen molar-refractivity contribution in [1.29, 1.82) is 0 Å². The summed E-state index contributed by atoms with van der Waals surface area (Å²) in [6.45, 7) is 3.18. The third-order valence-corrected chi connectivity index (χ3v) is 6.34. The predicted molar refractivity (Wildman–Crippen MR) is 108 cm³/mol. The Bertz CT molecular complexity index is 732.